The van der Waals surface area contributed by atoms with Crippen LogP contribution in [0, 0.1) is 6.92 Å². The van der Waals surface area contributed by atoms with Crippen LogP contribution in [0.15, 0.2) is 54.9 Å². The van der Waals surface area contributed by atoms with E-state index in [9.17, 15) is 4.79 Å². The zero-order chi connectivity index (χ0) is 19.7. The summed E-state index contributed by atoms with van der Waals surface area (Å²) in [5.41, 5.74) is 4.15. The van der Waals surface area contributed by atoms with Crippen molar-refractivity contribution in [1.82, 2.24) is 19.2 Å². The standard InChI is InChI=1S/C23H28N4O/c1-18-8-7-11-25-16-20(24-22(18)25)14-21(28)26-12-13-27(23(2,3)17-26)15-19-9-5-4-6-10-19/h4-11,16H,12-15,17H2,1-3H3. The number of imidazole rings is 1. The van der Waals surface area contributed by atoms with Crippen molar-refractivity contribution < 1.29 is 4.79 Å². The number of nitrogens with zero attached hydrogens (tertiary/aromatic N) is 4. The van der Waals surface area contributed by atoms with Crippen molar-refractivity contribution in [1.29, 1.82) is 0 Å². The maximum absolute atomic E-state index is 12.9. The van der Waals surface area contributed by atoms with Crippen LogP contribution in [0.5, 0.6) is 0 Å². The van der Waals surface area contributed by atoms with Gasteiger partial charge in [0.25, 0.3) is 0 Å². The molecule has 1 saturated heterocycles. The summed E-state index contributed by atoms with van der Waals surface area (Å²) in [5, 5.41) is 0. The summed E-state index contributed by atoms with van der Waals surface area (Å²) in [4.78, 5) is 22.1. The first-order valence-corrected chi connectivity index (χ1v) is 9.92. The predicted molar refractivity (Wildman–Crippen MR) is 111 cm³/mol. The van der Waals surface area contributed by atoms with E-state index in [1.54, 1.807) is 0 Å². The van der Waals surface area contributed by atoms with E-state index in [-0.39, 0.29) is 11.4 Å². The fraction of sp³-hybridized carbons (Fsp3) is 0.391. The molecule has 5 nitrogen and oxygen atoms in total. The molecule has 5 heteroatoms. The number of pyridine rings is 1. The number of aromatic nitrogens is 2. The molecule has 1 fully saturated rings. The quantitative estimate of drug-likeness (QED) is 0.701. The molecule has 0 saturated carbocycles. The van der Waals surface area contributed by atoms with Crippen molar-refractivity contribution in [3.8, 4) is 0 Å². The van der Waals surface area contributed by atoms with Crippen LogP contribution in [-0.2, 0) is 17.8 Å². The lowest BCUT2D eigenvalue weighted by Gasteiger charge is -2.47. The summed E-state index contributed by atoms with van der Waals surface area (Å²) in [6, 6.07) is 14.6. The van der Waals surface area contributed by atoms with Crippen molar-refractivity contribution in [3.63, 3.8) is 0 Å². The lowest BCUT2D eigenvalue weighted by Crippen LogP contribution is -2.60. The van der Waals surface area contributed by atoms with Crippen molar-refractivity contribution in [2.24, 2.45) is 0 Å². The first-order chi connectivity index (χ1) is 13.4. The molecule has 1 aliphatic rings. The van der Waals surface area contributed by atoms with Gasteiger partial charge < -0.3 is 9.30 Å². The molecule has 3 heterocycles. The second-order valence-electron chi connectivity index (χ2n) is 8.37. The first kappa shape index (κ1) is 18.7. The van der Waals surface area contributed by atoms with Crippen LogP contribution in [-0.4, -0.2) is 50.3 Å². The van der Waals surface area contributed by atoms with Gasteiger partial charge in [-0.2, -0.15) is 0 Å². The lowest BCUT2D eigenvalue weighted by molar-refractivity contribution is -0.135. The number of benzene rings is 1. The average Bonchev–Trinajstić information content (AvgIpc) is 3.08. The van der Waals surface area contributed by atoms with Gasteiger partial charge in [0.15, 0.2) is 0 Å². The van der Waals surface area contributed by atoms with Crippen LogP contribution in [0.2, 0.25) is 0 Å². The molecule has 0 radical (unpaired) electrons. The molecular weight excluding hydrogens is 348 g/mol. The third-order valence-electron chi connectivity index (χ3n) is 5.70. The molecule has 0 bridgehead atoms. The van der Waals surface area contributed by atoms with E-state index in [0.29, 0.717) is 6.42 Å². The second kappa shape index (κ2) is 7.40. The zero-order valence-corrected chi connectivity index (χ0v) is 16.9. The highest BCUT2D eigenvalue weighted by molar-refractivity contribution is 5.78. The van der Waals surface area contributed by atoms with Crippen LogP contribution in [0.4, 0.5) is 0 Å². The van der Waals surface area contributed by atoms with Gasteiger partial charge in [0.05, 0.1) is 12.1 Å². The SMILES string of the molecule is Cc1cccn2cc(CC(=O)N3CCN(Cc4ccccc4)C(C)(C)C3)nc12. The minimum absolute atomic E-state index is 0.0563. The number of amides is 1. The monoisotopic (exact) mass is 376 g/mol. The van der Waals surface area contributed by atoms with Crippen molar-refractivity contribution in [2.45, 2.75) is 39.3 Å². The van der Waals surface area contributed by atoms with Gasteiger partial charge in [-0.1, -0.05) is 36.4 Å². The van der Waals surface area contributed by atoms with Gasteiger partial charge in [-0.15, -0.1) is 0 Å². The van der Waals surface area contributed by atoms with E-state index >= 15 is 0 Å². The van der Waals surface area contributed by atoms with E-state index in [1.165, 1.54) is 5.56 Å². The Labute approximate surface area is 166 Å². The molecule has 0 unspecified atom stereocenters. The molecule has 4 rings (SSSR count). The molecule has 3 aromatic rings. The number of hydrogen-bond donors (Lipinski definition) is 0. The number of hydrogen-bond acceptors (Lipinski definition) is 3. The fourth-order valence-corrected chi connectivity index (χ4v) is 4.06. The third kappa shape index (κ3) is 3.80. The molecule has 1 aromatic carbocycles. The molecule has 1 amide bonds. The maximum atomic E-state index is 12.9. The highest BCUT2D eigenvalue weighted by Gasteiger charge is 2.35. The summed E-state index contributed by atoms with van der Waals surface area (Å²) in [6.45, 7) is 9.81. The van der Waals surface area contributed by atoms with Crippen molar-refractivity contribution in [2.75, 3.05) is 19.6 Å². The number of rotatable bonds is 4. The highest BCUT2D eigenvalue weighted by atomic mass is 16.2. The van der Waals surface area contributed by atoms with Gasteiger partial charge in [0.2, 0.25) is 5.91 Å². The minimum Gasteiger partial charge on any atom is -0.339 e. The van der Waals surface area contributed by atoms with Crippen LogP contribution in [0.25, 0.3) is 5.65 Å². The summed E-state index contributed by atoms with van der Waals surface area (Å²) in [7, 11) is 0. The second-order valence-corrected chi connectivity index (χ2v) is 8.37. The number of fused-ring (bicyclic) bond motifs is 1. The average molecular weight is 377 g/mol. The van der Waals surface area contributed by atoms with E-state index in [0.717, 1.165) is 43.1 Å². The molecule has 146 valence electrons. The molecule has 0 spiro atoms. The van der Waals surface area contributed by atoms with E-state index < -0.39 is 0 Å². The summed E-state index contributed by atoms with van der Waals surface area (Å²) in [6.07, 6.45) is 4.31. The van der Waals surface area contributed by atoms with E-state index in [2.05, 4.69) is 48.0 Å². The predicted octanol–water partition coefficient (Wildman–Crippen LogP) is 3.31. The summed E-state index contributed by atoms with van der Waals surface area (Å²) < 4.78 is 2.00. The van der Waals surface area contributed by atoms with Crippen molar-refractivity contribution >= 4 is 11.6 Å². The Morgan fingerprint density at radius 3 is 2.61 bits per heavy atom. The van der Waals surface area contributed by atoms with E-state index in [1.807, 2.05) is 46.8 Å². The summed E-state index contributed by atoms with van der Waals surface area (Å²) in [5.74, 6) is 0.161. The number of aryl methyl sites for hydroxylation is 1. The molecular formula is C23H28N4O. The smallest absolute Gasteiger partial charge is 0.228 e. The van der Waals surface area contributed by atoms with E-state index in [4.69, 9.17) is 0 Å². The normalized spacial score (nSPS) is 17.2. The Bertz CT molecular complexity index is 977. The van der Waals surface area contributed by atoms with Crippen molar-refractivity contribution in [3.05, 3.63) is 71.7 Å². The molecule has 28 heavy (non-hydrogen) atoms. The Morgan fingerprint density at radius 1 is 1.11 bits per heavy atom. The minimum atomic E-state index is -0.0563. The number of piperazine rings is 1. The molecule has 0 atom stereocenters. The zero-order valence-electron chi connectivity index (χ0n) is 16.9. The Morgan fingerprint density at radius 2 is 1.89 bits per heavy atom. The first-order valence-electron chi connectivity index (χ1n) is 9.92. The maximum Gasteiger partial charge on any atom is 0.228 e. The highest BCUT2D eigenvalue weighted by Crippen LogP contribution is 2.24. The largest absolute Gasteiger partial charge is 0.339 e. The van der Waals surface area contributed by atoms with Gasteiger partial charge in [0, 0.05) is 44.1 Å². The van der Waals surface area contributed by atoms with Gasteiger partial charge in [-0.3, -0.25) is 9.69 Å². The Balaban J connectivity index is 1.42. The molecule has 1 aliphatic heterocycles. The Hall–Kier alpha value is -2.66. The number of carbonyl (C=O) groups is 1. The topological polar surface area (TPSA) is 40.9 Å². The molecule has 0 aliphatic carbocycles. The van der Waals surface area contributed by atoms with Gasteiger partial charge >= 0.3 is 0 Å². The van der Waals surface area contributed by atoms with Gasteiger partial charge in [-0.05, 0) is 38.0 Å². The van der Waals surface area contributed by atoms with Crippen LogP contribution >= 0.6 is 0 Å². The molecule has 0 N–H and O–H groups in total. The third-order valence-corrected chi connectivity index (χ3v) is 5.70. The number of carbonyl (C=O) groups excluding carboxylic acids is 1. The Kier molecular flexibility index (Phi) is 4.94. The van der Waals surface area contributed by atoms with Crippen LogP contribution in [0.3, 0.4) is 0 Å². The van der Waals surface area contributed by atoms with Gasteiger partial charge in [0.1, 0.15) is 5.65 Å². The molecule has 2 aromatic heterocycles. The summed E-state index contributed by atoms with van der Waals surface area (Å²) >= 11 is 0. The van der Waals surface area contributed by atoms with Crippen LogP contribution < -0.4 is 0 Å². The lowest BCUT2D eigenvalue weighted by atomic mass is 9.97. The fourth-order valence-electron chi connectivity index (χ4n) is 4.06. The van der Waals surface area contributed by atoms with Crippen LogP contribution in [0.1, 0.15) is 30.7 Å². The van der Waals surface area contributed by atoms with Gasteiger partial charge in [-0.25, -0.2) is 4.98 Å².